The van der Waals surface area contributed by atoms with Crippen molar-refractivity contribution in [2.24, 2.45) is 5.92 Å². The van der Waals surface area contributed by atoms with Crippen LogP contribution in [0.1, 0.15) is 12.8 Å². The molecule has 1 amide bonds. The highest BCUT2D eigenvalue weighted by Gasteiger charge is 2.28. The number of amides is 1. The van der Waals surface area contributed by atoms with Crippen molar-refractivity contribution in [3.8, 4) is 0 Å². The van der Waals surface area contributed by atoms with Gasteiger partial charge in [0, 0.05) is 31.7 Å². The molecule has 0 unspecified atom stereocenters. The van der Waals surface area contributed by atoms with E-state index in [0.717, 1.165) is 18.5 Å². The van der Waals surface area contributed by atoms with Gasteiger partial charge in [-0.1, -0.05) is 30.3 Å². The van der Waals surface area contributed by atoms with E-state index in [9.17, 15) is 9.18 Å². The van der Waals surface area contributed by atoms with Gasteiger partial charge in [-0.2, -0.15) is 0 Å². The van der Waals surface area contributed by atoms with E-state index in [1.165, 1.54) is 6.07 Å². The Morgan fingerprint density at radius 1 is 1.04 bits per heavy atom. The summed E-state index contributed by atoms with van der Waals surface area (Å²) in [5, 5.41) is 0. The molecule has 0 saturated carbocycles. The molecule has 1 aliphatic rings. The molecule has 0 N–H and O–H groups in total. The Kier molecular flexibility index (Phi) is 4.60. The van der Waals surface area contributed by atoms with E-state index >= 15 is 0 Å². The second-order valence-corrected chi connectivity index (χ2v) is 5.95. The van der Waals surface area contributed by atoms with Crippen LogP contribution in [0.25, 0.3) is 0 Å². The molecule has 0 bridgehead atoms. The van der Waals surface area contributed by atoms with Gasteiger partial charge < -0.3 is 9.80 Å². The van der Waals surface area contributed by atoms with E-state index in [0.29, 0.717) is 18.8 Å². The summed E-state index contributed by atoms with van der Waals surface area (Å²) >= 11 is 0. The van der Waals surface area contributed by atoms with Crippen LogP contribution in [0.3, 0.4) is 0 Å². The van der Waals surface area contributed by atoms with Crippen molar-refractivity contribution in [2.75, 3.05) is 29.9 Å². The smallest absolute Gasteiger partial charge is 0.229 e. The molecule has 1 saturated heterocycles. The van der Waals surface area contributed by atoms with Crippen LogP contribution in [0.2, 0.25) is 0 Å². The highest BCUT2D eigenvalue weighted by molar-refractivity contribution is 5.94. The van der Waals surface area contributed by atoms with Gasteiger partial charge >= 0.3 is 0 Å². The number of benzene rings is 2. The quantitative estimate of drug-likeness (QED) is 0.862. The number of hydrogen-bond acceptors (Lipinski definition) is 2. The lowest BCUT2D eigenvalue weighted by Crippen LogP contribution is -2.41. The number of para-hydroxylation sites is 2. The minimum absolute atomic E-state index is 0.00299. The zero-order chi connectivity index (χ0) is 16.2. The largest absolute Gasteiger partial charge is 0.369 e. The van der Waals surface area contributed by atoms with Crippen molar-refractivity contribution in [3.63, 3.8) is 0 Å². The highest BCUT2D eigenvalue weighted by atomic mass is 19.1. The number of rotatable bonds is 3. The van der Waals surface area contributed by atoms with E-state index in [1.54, 1.807) is 17.0 Å². The van der Waals surface area contributed by atoms with Gasteiger partial charge in [-0.3, -0.25) is 4.79 Å². The predicted octanol–water partition coefficient (Wildman–Crippen LogP) is 3.71. The van der Waals surface area contributed by atoms with Gasteiger partial charge in [0.2, 0.25) is 5.91 Å². The standard InChI is InChI=1S/C19H21FN2O/c1-21(16-7-3-2-4-8-16)19(23)15-11-13-22(14-12-15)18-10-6-5-9-17(18)20/h2-10,15H,11-14H2,1H3. The summed E-state index contributed by atoms with van der Waals surface area (Å²) in [5.74, 6) is -0.0497. The van der Waals surface area contributed by atoms with Crippen LogP contribution in [-0.2, 0) is 4.79 Å². The number of piperidine rings is 1. The summed E-state index contributed by atoms with van der Waals surface area (Å²) in [5.41, 5.74) is 1.55. The van der Waals surface area contributed by atoms with Gasteiger partial charge in [-0.15, -0.1) is 0 Å². The van der Waals surface area contributed by atoms with Gasteiger partial charge in [0.1, 0.15) is 5.82 Å². The van der Waals surface area contributed by atoms with Crippen LogP contribution in [0.5, 0.6) is 0 Å². The number of carbonyl (C=O) groups is 1. The molecule has 2 aromatic carbocycles. The van der Waals surface area contributed by atoms with E-state index in [-0.39, 0.29) is 17.6 Å². The zero-order valence-electron chi connectivity index (χ0n) is 13.3. The molecule has 3 nitrogen and oxygen atoms in total. The minimum atomic E-state index is -0.196. The average Bonchev–Trinajstić information content (AvgIpc) is 2.62. The second kappa shape index (κ2) is 6.82. The summed E-state index contributed by atoms with van der Waals surface area (Å²) in [7, 11) is 1.82. The number of halogens is 1. The maximum Gasteiger partial charge on any atom is 0.229 e. The second-order valence-electron chi connectivity index (χ2n) is 5.95. The molecule has 0 spiro atoms. The summed E-state index contributed by atoms with van der Waals surface area (Å²) in [6.07, 6.45) is 1.51. The molecule has 0 radical (unpaired) electrons. The van der Waals surface area contributed by atoms with E-state index < -0.39 is 0 Å². The topological polar surface area (TPSA) is 23.6 Å². The minimum Gasteiger partial charge on any atom is -0.369 e. The summed E-state index contributed by atoms with van der Waals surface area (Å²) in [6, 6.07) is 16.5. The van der Waals surface area contributed by atoms with Gasteiger partial charge in [0.05, 0.1) is 5.69 Å². The molecule has 120 valence electrons. The predicted molar refractivity (Wildman–Crippen MR) is 91.2 cm³/mol. The van der Waals surface area contributed by atoms with Crippen molar-refractivity contribution < 1.29 is 9.18 Å². The SMILES string of the molecule is CN(C(=O)C1CCN(c2ccccc2F)CC1)c1ccccc1. The Bertz CT molecular complexity index is 666. The maximum atomic E-state index is 13.9. The van der Waals surface area contributed by atoms with Crippen LogP contribution in [-0.4, -0.2) is 26.0 Å². The maximum absolute atomic E-state index is 13.9. The molecule has 0 atom stereocenters. The molecule has 1 aliphatic heterocycles. The molecule has 1 heterocycles. The van der Waals surface area contributed by atoms with Gasteiger partial charge in [0.15, 0.2) is 0 Å². The molecule has 23 heavy (non-hydrogen) atoms. The Hall–Kier alpha value is -2.36. The van der Waals surface area contributed by atoms with Gasteiger partial charge in [-0.25, -0.2) is 4.39 Å². The third-order valence-corrected chi connectivity index (χ3v) is 4.51. The fraction of sp³-hybridized carbons (Fsp3) is 0.316. The van der Waals surface area contributed by atoms with Crippen molar-refractivity contribution >= 4 is 17.3 Å². The van der Waals surface area contributed by atoms with E-state index in [1.807, 2.05) is 48.3 Å². The average molecular weight is 312 g/mol. The van der Waals surface area contributed by atoms with E-state index in [4.69, 9.17) is 0 Å². The fourth-order valence-corrected chi connectivity index (χ4v) is 3.13. The highest BCUT2D eigenvalue weighted by Crippen LogP contribution is 2.27. The van der Waals surface area contributed by atoms with Crippen molar-refractivity contribution in [1.29, 1.82) is 0 Å². The Morgan fingerprint density at radius 2 is 1.65 bits per heavy atom. The number of hydrogen-bond donors (Lipinski definition) is 0. The van der Waals surface area contributed by atoms with Crippen molar-refractivity contribution in [1.82, 2.24) is 0 Å². The molecule has 1 fully saturated rings. The lowest BCUT2D eigenvalue weighted by molar-refractivity contribution is -0.122. The zero-order valence-corrected chi connectivity index (χ0v) is 13.3. The van der Waals surface area contributed by atoms with Crippen molar-refractivity contribution in [3.05, 3.63) is 60.4 Å². The van der Waals surface area contributed by atoms with Crippen LogP contribution < -0.4 is 9.80 Å². The van der Waals surface area contributed by atoms with E-state index in [2.05, 4.69) is 0 Å². The molecule has 0 aromatic heterocycles. The summed E-state index contributed by atoms with van der Waals surface area (Å²) in [4.78, 5) is 16.4. The molecule has 0 aliphatic carbocycles. The van der Waals surface area contributed by atoms with Crippen LogP contribution >= 0.6 is 0 Å². The third-order valence-electron chi connectivity index (χ3n) is 4.51. The summed E-state index contributed by atoms with van der Waals surface area (Å²) in [6.45, 7) is 1.42. The lowest BCUT2D eigenvalue weighted by atomic mass is 9.94. The monoisotopic (exact) mass is 312 g/mol. The fourth-order valence-electron chi connectivity index (χ4n) is 3.13. The van der Waals surface area contributed by atoms with Crippen LogP contribution in [0.15, 0.2) is 54.6 Å². The first-order valence-corrected chi connectivity index (χ1v) is 7.99. The Balaban J connectivity index is 1.63. The molecular formula is C19H21FN2O. The van der Waals surface area contributed by atoms with Crippen molar-refractivity contribution in [2.45, 2.75) is 12.8 Å². The first-order valence-electron chi connectivity index (χ1n) is 7.99. The first kappa shape index (κ1) is 15.5. The summed E-state index contributed by atoms with van der Waals surface area (Å²) < 4.78 is 13.9. The third kappa shape index (κ3) is 3.36. The molecular weight excluding hydrogens is 291 g/mol. The van der Waals surface area contributed by atoms with Gasteiger partial charge in [0.25, 0.3) is 0 Å². The van der Waals surface area contributed by atoms with Crippen LogP contribution in [0.4, 0.5) is 15.8 Å². The first-order chi connectivity index (χ1) is 11.2. The van der Waals surface area contributed by atoms with Crippen LogP contribution in [0, 0.1) is 11.7 Å². The molecule has 3 rings (SSSR count). The van der Waals surface area contributed by atoms with Gasteiger partial charge in [-0.05, 0) is 37.1 Å². The number of carbonyl (C=O) groups excluding carboxylic acids is 1. The Labute approximate surface area is 136 Å². The lowest BCUT2D eigenvalue weighted by Gasteiger charge is -2.34. The number of nitrogens with zero attached hydrogens (tertiary/aromatic N) is 2. The number of anilines is 2. The molecule has 4 heteroatoms. The molecule has 2 aromatic rings. The Morgan fingerprint density at radius 3 is 2.30 bits per heavy atom. The normalized spacial score (nSPS) is 15.5.